The van der Waals surface area contributed by atoms with Gasteiger partial charge in [0.25, 0.3) is 0 Å². The molecule has 1 saturated carbocycles. The Hall–Kier alpha value is -1.19. The van der Waals surface area contributed by atoms with E-state index in [1.807, 2.05) is 12.1 Å². The molecule has 104 valence electrons. The van der Waals surface area contributed by atoms with Crippen LogP contribution in [0.4, 0.5) is 4.39 Å². The Balaban J connectivity index is 1.73. The van der Waals surface area contributed by atoms with Crippen LogP contribution in [0.1, 0.15) is 41.6 Å². The summed E-state index contributed by atoms with van der Waals surface area (Å²) in [6.07, 6.45) is 2.48. The van der Waals surface area contributed by atoms with Crippen LogP contribution in [0.2, 0.25) is 0 Å². The van der Waals surface area contributed by atoms with Gasteiger partial charge in [-0.25, -0.2) is 4.39 Å². The largest absolute Gasteiger partial charge is 0.388 e. The topological polar surface area (TPSA) is 20.2 Å². The number of hydrogen-bond donors (Lipinski definition) is 1. The summed E-state index contributed by atoms with van der Waals surface area (Å²) in [4.78, 5) is 0. The van der Waals surface area contributed by atoms with Gasteiger partial charge in [0, 0.05) is 10.9 Å². The first-order valence-electron chi connectivity index (χ1n) is 6.85. The predicted molar refractivity (Wildman–Crippen MR) is 81.2 cm³/mol. The Kier molecular flexibility index (Phi) is 3.90. The van der Waals surface area contributed by atoms with Gasteiger partial charge >= 0.3 is 0 Å². The van der Waals surface area contributed by atoms with Crippen LogP contribution >= 0.6 is 15.9 Å². The third kappa shape index (κ3) is 3.10. The Morgan fingerprint density at radius 3 is 2.45 bits per heavy atom. The molecular formula is C17H16BrFO. The zero-order valence-corrected chi connectivity index (χ0v) is 12.6. The van der Waals surface area contributed by atoms with E-state index < -0.39 is 6.10 Å². The van der Waals surface area contributed by atoms with Gasteiger partial charge in [0.15, 0.2) is 0 Å². The average molecular weight is 335 g/mol. The number of benzene rings is 2. The number of rotatable bonds is 4. The first-order chi connectivity index (χ1) is 9.63. The Morgan fingerprint density at radius 2 is 1.85 bits per heavy atom. The maximum atomic E-state index is 13.0. The lowest BCUT2D eigenvalue weighted by Crippen LogP contribution is -2.02. The van der Waals surface area contributed by atoms with Gasteiger partial charge in [-0.1, -0.05) is 46.3 Å². The second kappa shape index (κ2) is 5.66. The van der Waals surface area contributed by atoms with Crippen molar-refractivity contribution >= 4 is 15.9 Å². The molecule has 0 spiro atoms. The molecule has 0 aromatic heterocycles. The highest BCUT2D eigenvalue weighted by Crippen LogP contribution is 2.40. The summed E-state index contributed by atoms with van der Waals surface area (Å²) in [5, 5.41) is 10.3. The molecule has 0 amide bonds. The van der Waals surface area contributed by atoms with Crippen molar-refractivity contribution in [1.82, 2.24) is 0 Å². The quantitative estimate of drug-likeness (QED) is 0.855. The summed E-state index contributed by atoms with van der Waals surface area (Å²) in [6.45, 7) is 0. The molecule has 0 saturated heterocycles. The van der Waals surface area contributed by atoms with E-state index in [4.69, 9.17) is 0 Å². The SMILES string of the molecule is OC(Cc1ccc(F)cc1Br)c1ccc(C2CC2)cc1. The normalized spacial score (nSPS) is 16.1. The molecule has 20 heavy (non-hydrogen) atoms. The lowest BCUT2D eigenvalue weighted by Gasteiger charge is -2.13. The van der Waals surface area contributed by atoms with Crippen molar-refractivity contribution < 1.29 is 9.50 Å². The van der Waals surface area contributed by atoms with E-state index in [2.05, 4.69) is 28.1 Å². The number of aliphatic hydroxyl groups excluding tert-OH is 1. The Labute approximate surface area is 126 Å². The fraction of sp³-hybridized carbons (Fsp3) is 0.294. The van der Waals surface area contributed by atoms with Crippen molar-refractivity contribution in [1.29, 1.82) is 0 Å². The summed E-state index contributed by atoms with van der Waals surface area (Å²) in [6, 6.07) is 12.8. The van der Waals surface area contributed by atoms with Crippen LogP contribution in [0.25, 0.3) is 0 Å². The summed E-state index contributed by atoms with van der Waals surface area (Å²) in [5.74, 6) is 0.455. The van der Waals surface area contributed by atoms with Crippen molar-refractivity contribution in [2.75, 3.05) is 0 Å². The fourth-order valence-corrected chi connectivity index (χ4v) is 2.93. The molecule has 0 bridgehead atoms. The van der Waals surface area contributed by atoms with Crippen LogP contribution in [0.3, 0.4) is 0 Å². The van der Waals surface area contributed by atoms with Crippen LogP contribution in [0.5, 0.6) is 0 Å². The molecule has 1 unspecified atom stereocenters. The molecule has 0 radical (unpaired) electrons. The molecule has 1 aliphatic rings. The zero-order chi connectivity index (χ0) is 14.1. The van der Waals surface area contributed by atoms with E-state index in [1.54, 1.807) is 6.07 Å². The van der Waals surface area contributed by atoms with Crippen molar-refractivity contribution in [3.05, 3.63) is 69.4 Å². The minimum Gasteiger partial charge on any atom is -0.388 e. The number of hydrogen-bond acceptors (Lipinski definition) is 1. The summed E-state index contributed by atoms with van der Waals surface area (Å²) >= 11 is 3.34. The predicted octanol–water partition coefficient (Wildman–Crippen LogP) is 4.74. The second-order valence-corrected chi connectivity index (χ2v) is 6.25. The fourth-order valence-electron chi connectivity index (χ4n) is 2.42. The maximum absolute atomic E-state index is 13.0. The zero-order valence-electron chi connectivity index (χ0n) is 11.0. The standard InChI is InChI=1S/C17H16BrFO/c18-16-10-15(19)8-7-14(16)9-17(20)13-5-3-12(4-6-13)11-1-2-11/h3-8,10-11,17,20H,1-2,9H2. The van der Waals surface area contributed by atoms with Gasteiger partial charge in [0.05, 0.1) is 6.10 Å². The van der Waals surface area contributed by atoms with E-state index in [9.17, 15) is 9.50 Å². The molecule has 1 aliphatic carbocycles. The third-order valence-corrected chi connectivity index (χ3v) is 4.54. The highest BCUT2D eigenvalue weighted by molar-refractivity contribution is 9.10. The first kappa shape index (κ1) is 13.8. The van der Waals surface area contributed by atoms with Crippen LogP contribution in [-0.4, -0.2) is 5.11 Å². The summed E-state index contributed by atoms with van der Waals surface area (Å²) < 4.78 is 13.7. The van der Waals surface area contributed by atoms with Gasteiger partial charge in [0.2, 0.25) is 0 Å². The minimum atomic E-state index is -0.565. The monoisotopic (exact) mass is 334 g/mol. The second-order valence-electron chi connectivity index (χ2n) is 5.40. The van der Waals surface area contributed by atoms with E-state index in [0.717, 1.165) is 17.0 Å². The van der Waals surface area contributed by atoms with Crippen molar-refractivity contribution in [3.8, 4) is 0 Å². The molecule has 0 heterocycles. The molecule has 1 N–H and O–H groups in total. The molecule has 1 nitrogen and oxygen atoms in total. The molecular weight excluding hydrogens is 319 g/mol. The van der Waals surface area contributed by atoms with Crippen LogP contribution in [-0.2, 0) is 6.42 Å². The van der Waals surface area contributed by atoms with Crippen molar-refractivity contribution in [3.63, 3.8) is 0 Å². The summed E-state index contributed by atoms with van der Waals surface area (Å²) in [7, 11) is 0. The molecule has 1 fully saturated rings. The van der Waals surface area contributed by atoms with Crippen LogP contribution in [0, 0.1) is 5.82 Å². The molecule has 2 aromatic rings. The Bertz CT molecular complexity index is 605. The minimum absolute atomic E-state index is 0.274. The van der Waals surface area contributed by atoms with Crippen LogP contribution < -0.4 is 0 Å². The average Bonchev–Trinajstić information content (AvgIpc) is 3.26. The van der Waals surface area contributed by atoms with Gasteiger partial charge in [0.1, 0.15) is 5.82 Å². The summed E-state index contributed by atoms with van der Waals surface area (Å²) in [5.41, 5.74) is 3.18. The molecule has 0 aliphatic heterocycles. The van der Waals surface area contributed by atoms with E-state index in [-0.39, 0.29) is 5.82 Å². The van der Waals surface area contributed by atoms with Gasteiger partial charge in [-0.2, -0.15) is 0 Å². The van der Waals surface area contributed by atoms with Gasteiger partial charge in [-0.05, 0) is 47.6 Å². The third-order valence-electron chi connectivity index (χ3n) is 3.80. The molecule has 3 rings (SSSR count). The van der Waals surface area contributed by atoms with Crippen molar-refractivity contribution in [2.24, 2.45) is 0 Å². The van der Waals surface area contributed by atoms with Gasteiger partial charge in [-0.3, -0.25) is 0 Å². The molecule has 3 heteroatoms. The van der Waals surface area contributed by atoms with E-state index in [1.165, 1.54) is 30.5 Å². The lowest BCUT2D eigenvalue weighted by atomic mass is 9.99. The highest BCUT2D eigenvalue weighted by atomic mass is 79.9. The van der Waals surface area contributed by atoms with E-state index >= 15 is 0 Å². The molecule has 2 aromatic carbocycles. The maximum Gasteiger partial charge on any atom is 0.124 e. The van der Waals surface area contributed by atoms with Crippen molar-refractivity contribution in [2.45, 2.75) is 31.3 Å². The Morgan fingerprint density at radius 1 is 1.15 bits per heavy atom. The lowest BCUT2D eigenvalue weighted by molar-refractivity contribution is 0.178. The number of aliphatic hydroxyl groups is 1. The van der Waals surface area contributed by atoms with Crippen LogP contribution in [0.15, 0.2) is 46.9 Å². The first-order valence-corrected chi connectivity index (χ1v) is 7.64. The molecule has 1 atom stereocenters. The highest BCUT2D eigenvalue weighted by Gasteiger charge is 2.23. The van der Waals surface area contributed by atoms with E-state index in [0.29, 0.717) is 10.9 Å². The number of halogens is 2. The van der Waals surface area contributed by atoms with Gasteiger partial charge in [-0.15, -0.1) is 0 Å². The van der Waals surface area contributed by atoms with Gasteiger partial charge < -0.3 is 5.11 Å². The smallest absolute Gasteiger partial charge is 0.124 e.